The van der Waals surface area contributed by atoms with E-state index in [0.29, 0.717) is 24.7 Å². The summed E-state index contributed by atoms with van der Waals surface area (Å²) in [6.45, 7) is 5.44. The van der Waals surface area contributed by atoms with Gasteiger partial charge >= 0.3 is 0 Å². The van der Waals surface area contributed by atoms with E-state index in [2.05, 4.69) is 13.8 Å². The number of nitrogens with zero attached hydrogens (tertiary/aromatic N) is 1. The molecular weight excluding hydrogens is 250 g/mol. The number of primary sulfonamides is 1. The second kappa shape index (κ2) is 4.22. The lowest BCUT2D eigenvalue weighted by Gasteiger charge is -2.51. The molecule has 0 amide bonds. The van der Waals surface area contributed by atoms with E-state index in [1.165, 1.54) is 6.07 Å². The Balaban J connectivity index is 2.28. The molecule has 1 aliphatic rings. The average Bonchev–Trinajstić information content (AvgIpc) is 2.23. The van der Waals surface area contributed by atoms with Gasteiger partial charge < -0.3 is 10.6 Å². The molecule has 0 spiro atoms. The average molecular weight is 269 g/mol. The quantitative estimate of drug-likeness (QED) is 0.836. The topological polar surface area (TPSA) is 89.4 Å². The maximum atomic E-state index is 11.5. The van der Waals surface area contributed by atoms with E-state index >= 15 is 0 Å². The summed E-state index contributed by atoms with van der Waals surface area (Å²) >= 11 is 0. The fourth-order valence-electron chi connectivity index (χ4n) is 2.16. The minimum atomic E-state index is -3.69. The van der Waals surface area contributed by atoms with Crippen molar-refractivity contribution >= 4 is 15.7 Å². The van der Waals surface area contributed by atoms with Gasteiger partial charge in [0.1, 0.15) is 4.90 Å². The van der Waals surface area contributed by atoms with Gasteiger partial charge in [-0.25, -0.2) is 13.6 Å². The van der Waals surface area contributed by atoms with Crippen molar-refractivity contribution < 1.29 is 8.42 Å². The van der Waals surface area contributed by atoms with Crippen molar-refractivity contribution in [1.82, 2.24) is 0 Å². The van der Waals surface area contributed by atoms with Crippen molar-refractivity contribution in [3.63, 3.8) is 0 Å². The second-order valence-electron chi connectivity index (χ2n) is 5.26. The Bertz CT molecular complexity index is 548. The van der Waals surface area contributed by atoms with Gasteiger partial charge in [0.15, 0.2) is 0 Å². The molecule has 0 bridgehead atoms. The van der Waals surface area contributed by atoms with Crippen molar-refractivity contribution in [3.8, 4) is 0 Å². The molecule has 6 heteroatoms. The van der Waals surface area contributed by atoms with Crippen molar-refractivity contribution in [3.05, 3.63) is 24.3 Å². The Morgan fingerprint density at radius 1 is 1.28 bits per heavy atom. The summed E-state index contributed by atoms with van der Waals surface area (Å²) in [6.07, 6.45) is 0. The third-order valence-electron chi connectivity index (χ3n) is 3.63. The van der Waals surface area contributed by atoms with E-state index in [0.717, 1.165) is 0 Å². The molecule has 1 aromatic rings. The molecular formula is C12H19N3O2S. The maximum Gasteiger partial charge on any atom is 0.240 e. The van der Waals surface area contributed by atoms with Gasteiger partial charge in [-0.1, -0.05) is 26.0 Å². The van der Waals surface area contributed by atoms with Gasteiger partial charge in [-0.3, -0.25) is 0 Å². The van der Waals surface area contributed by atoms with Gasteiger partial charge in [0, 0.05) is 13.1 Å². The van der Waals surface area contributed by atoms with Gasteiger partial charge in [-0.05, 0) is 18.1 Å². The van der Waals surface area contributed by atoms with Crippen LogP contribution in [0.4, 0.5) is 5.69 Å². The van der Waals surface area contributed by atoms with E-state index in [-0.39, 0.29) is 10.4 Å². The van der Waals surface area contributed by atoms with E-state index in [9.17, 15) is 8.42 Å². The van der Waals surface area contributed by atoms with Crippen LogP contribution in [0.1, 0.15) is 13.8 Å². The summed E-state index contributed by atoms with van der Waals surface area (Å²) in [5.74, 6) is 0.357. The zero-order valence-corrected chi connectivity index (χ0v) is 11.4. The van der Waals surface area contributed by atoms with Gasteiger partial charge in [0.25, 0.3) is 0 Å². The smallest absolute Gasteiger partial charge is 0.240 e. The van der Waals surface area contributed by atoms with Gasteiger partial charge in [-0.15, -0.1) is 0 Å². The van der Waals surface area contributed by atoms with E-state index in [4.69, 9.17) is 10.9 Å². The lowest BCUT2D eigenvalue weighted by Crippen LogP contribution is -2.70. The molecule has 4 N–H and O–H groups in total. The number of sulfonamides is 1. The highest BCUT2D eigenvalue weighted by atomic mass is 32.2. The van der Waals surface area contributed by atoms with Crippen LogP contribution in [0.15, 0.2) is 29.2 Å². The molecule has 18 heavy (non-hydrogen) atoms. The Labute approximate surface area is 108 Å². The Kier molecular flexibility index (Phi) is 3.12. The molecule has 100 valence electrons. The molecule has 0 saturated carbocycles. The first-order valence-electron chi connectivity index (χ1n) is 5.90. The summed E-state index contributed by atoms with van der Waals surface area (Å²) in [6, 6.07) is 6.76. The number of nitrogens with two attached hydrogens (primary N) is 2. The number of hydrogen-bond donors (Lipinski definition) is 2. The first-order valence-corrected chi connectivity index (χ1v) is 7.44. The zero-order valence-electron chi connectivity index (χ0n) is 10.6. The zero-order chi connectivity index (χ0) is 13.6. The van der Waals surface area contributed by atoms with Crippen LogP contribution in [0.25, 0.3) is 0 Å². The van der Waals surface area contributed by atoms with E-state index in [1.807, 2.05) is 4.90 Å². The van der Waals surface area contributed by atoms with E-state index < -0.39 is 10.0 Å². The molecule has 0 aromatic heterocycles. The molecule has 1 saturated heterocycles. The number of benzene rings is 1. The molecule has 0 aliphatic carbocycles. The molecule has 1 aliphatic heterocycles. The number of hydrogen-bond acceptors (Lipinski definition) is 4. The summed E-state index contributed by atoms with van der Waals surface area (Å²) < 4.78 is 23.0. The lowest BCUT2D eigenvalue weighted by molar-refractivity contribution is 0.244. The summed E-state index contributed by atoms with van der Waals surface area (Å²) in [4.78, 5) is 2.12. The highest BCUT2D eigenvalue weighted by molar-refractivity contribution is 7.89. The van der Waals surface area contributed by atoms with Gasteiger partial charge in [0.05, 0.1) is 11.2 Å². The maximum absolute atomic E-state index is 11.5. The van der Waals surface area contributed by atoms with Crippen molar-refractivity contribution in [1.29, 1.82) is 0 Å². The van der Waals surface area contributed by atoms with Crippen molar-refractivity contribution in [2.45, 2.75) is 24.3 Å². The molecule has 0 atom stereocenters. The van der Waals surface area contributed by atoms with Crippen LogP contribution in [0.2, 0.25) is 0 Å². The number of para-hydroxylation sites is 1. The number of anilines is 1. The van der Waals surface area contributed by atoms with Gasteiger partial charge in [0.2, 0.25) is 10.0 Å². The fourth-order valence-corrected chi connectivity index (χ4v) is 2.92. The molecule has 1 aromatic carbocycles. The SMILES string of the molecule is CC(C)C1(N)CN(c2ccccc2S(N)(=O)=O)C1. The van der Waals surface area contributed by atoms with Crippen LogP contribution >= 0.6 is 0 Å². The third-order valence-corrected chi connectivity index (χ3v) is 4.59. The van der Waals surface area contributed by atoms with Crippen LogP contribution in [-0.2, 0) is 10.0 Å². The largest absolute Gasteiger partial charge is 0.367 e. The summed E-state index contributed by atoms with van der Waals surface area (Å²) in [5.41, 5.74) is 6.61. The molecule has 0 radical (unpaired) electrons. The number of rotatable bonds is 3. The minimum Gasteiger partial charge on any atom is -0.367 e. The first kappa shape index (κ1) is 13.3. The fraction of sp³-hybridized carbons (Fsp3) is 0.500. The van der Waals surface area contributed by atoms with Crippen LogP contribution in [-0.4, -0.2) is 27.0 Å². The van der Waals surface area contributed by atoms with Crippen LogP contribution in [0.5, 0.6) is 0 Å². The monoisotopic (exact) mass is 269 g/mol. The molecule has 1 fully saturated rings. The molecule has 2 rings (SSSR count). The first-order chi connectivity index (χ1) is 8.24. The van der Waals surface area contributed by atoms with Crippen molar-refractivity contribution in [2.24, 2.45) is 16.8 Å². The summed E-state index contributed by atoms with van der Waals surface area (Å²) in [5, 5.41) is 5.22. The Morgan fingerprint density at radius 3 is 2.33 bits per heavy atom. The predicted molar refractivity (Wildman–Crippen MR) is 71.8 cm³/mol. The molecule has 1 heterocycles. The van der Waals surface area contributed by atoms with Crippen LogP contribution in [0, 0.1) is 5.92 Å². The highest BCUT2D eigenvalue weighted by Crippen LogP contribution is 2.34. The minimum absolute atomic E-state index is 0.163. The van der Waals surface area contributed by atoms with Crippen molar-refractivity contribution in [2.75, 3.05) is 18.0 Å². The molecule has 0 unspecified atom stereocenters. The Morgan fingerprint density at radius 2 is 1.83 bits per heavy atom. The lowest BCUT2D eigenvalue weighted by atomic mass is 9.80. The highest BCUT2D eigenvalue weighted by Gasteiger charge is 2.43. The van der Waals surface area contributed by atoms with Crippen LogP contribution < -0.4 is 15.8 Å². The van der Waals surface area contributed by atoms with Crippen LogP contribution in [0.3, 0.4) is 0 Å². The Hall–Kier alpha value is -1.11. The summed E-state index contributed by atoms with van der Waals surface area (Å²) in [7, 11) is -3.69. The second-order valence-corrected chi connectivity index (χ2v) is 6.79. The normalized spacial score (nSPS) is 18.8. The predicted octanol–water partition coefficient (Wildman–Crippen LogP) is 0.507. The molecule has 5 nitrogen and oxygen atoms in total. The third kappa shape index (κ3) is 2.23. The van der Waals surface area contributed by atoms with E-state index in [1.54, 1.807) is 18.2 Å². The van der Waals surface area contributed by atoms with Gasteiger partial charge in [-0.2, -0.15) is 0 Å². The standard InChI is InChI=1S/C12H19N3O2S/c1-9(2)12(13)7-15(8-12)10-5-3-4-6-11(10)18(14,16)17/h3-6,9H,7-8,13H2,1-2H3,(H2,14,16,17).